The summed E-state index contributed by atoms with van der Waals surface area (Å²) in [6.07, 6.45) is 4.95. The largest absolute Gasteiger partial charge is 0.464 e. The number of fused-ring (bicyclic) bond motifs is 1. The summed E-state index contributed by atoms with van der Waals surface area (Å²) in [6, 6.07) is 5.22. The second-order valence-electron chi connectivity index (χ2n) is 5.54. The van der Waals surface area contributed by atoms with Gasteiger partial charge >= 0.3 is 5.69 Å². The number of hydrogen-bond acceptors (Lipinski definition) is 5. The first kappa shape index (κ1) is 14.0. The van der Waals surface area contributed by atoms with Crippen LogP contribution in [-0.2, 0) is 11.3 Å². The fourth-order valence-corrected chi connectivity index (χ4v) is 3.00. The maximum absolute atomic E-state index is 12.3. The van der Waals surface area contributed by atoms with Crippen LogP contribution in [0.3, 0.4) is 0 Å². The van der Waals surface area contributed by atoms with E-state index in [-0.39, 0.29) is 6.10 Å². The number of nitrogens with zero attached hydrogens (tertiary/aromatic N) is 2. The number of nitrogens with one attached hydrogen (secondary N) is 1. The predicted octanol–water partition coefficient (Wildman–Crippen LogP) is 1.52. The van der Waals surface area contributed by atoms with Crippen molar-refractivity contribution >= 4 is 11.0 Å². The van der Waals surface area contributed by atoms with Crippen LogP contribution in [0.15, 0.2) is 44.7 Å². The van der Waals surface area contributed by atoms with Crippen LogP contribution in [0, 0.1) is 0 Å². The van der Waals surface area contributed by atoms with E-state index in [0.29, 0.717) is 35.5 Å². The topological polar surface area (TPSA) is 90.1 Å². The monoisotopic (exact) mass is 313 g/mol. The third-order valence-corrected chi connectivity index (χ3v) is 4.08. The summed E-state index contributed by atoms with van der Waals surface area (Å²) in [5.41, 5.74) is 0.0284. The highest BCUT2D eigenvalue weighted by molar-refractivity contribution is 5.90. The van der Waals surface area contributed by atoms with Crippen LogP contribution in [0.4, 0.5) is 0 Å². The summed E-state index contributed by atoms with van der Waals surface area (Å²) < 4.78 is 12.5. The summed E-state index contributed by atoms with van der Waals surface area (Å²) >= 11 is 0. The lowest BCUT2D eigenvalue weighted by molar-refractivity contribution is 0.0967. The molecule has 3 aromatic heterocycles. The van der Waals surface area contributed by atoms with E-state index in [4.69, 9.17) is 9.15 Å². The molecule has 23 heavy (non-hydrogen) atoms. The second-order valence-corrected chi connectivity index (χ2v) is 5.54. The lowest BCUT2D eigenvalue weighted by Gasteiger charge is -2.14. The van der Waals surface area contributed by atoms with Crippen LogP contribution in [0.25, 0.3) is 22.4 Å². The van der Waals surface area contributed by atoms with Gasteiger partial charge in [-0.1, -0.05) is 0 Å². The lowest BCUT2D eigenvalue weighted by atomic mass is 10.1. The number of furan rings is 1. The summed E-state index contributed by atoms with van der Waals surface area (Å²) in [6.45, 7) is 1.08. The molecule has 0 bridgehead atoms. The molecule has 1 atom stereocenters. The molecule has 1 aliphatic rings. The van der Waals surface area contributed by atoms with Crippen molar-refractivity contribution in [3.8, 4) is 11.3 Å². The molecule has 0 spiro atoms. The SMILES string of the molecule is O=c1[nH]c(=O)n(C[C@H]2CCCO2)c2nccc(-c3ccco3)c12. The van der Waals surface area contributed by atoms with Crippen LogP contribution in [-0.4, -0.2) is 27.2 Å². The highest BCUT2D eigenvalue weighted by Gasteiger charge is 2.20. The summed E-state index contributed by atoms with van der Waals surface area (Å²) in [4.78, 5) is 31.2. The summed E-state index contributed by atoms with van der Waals surface area (Å²) in [5.74, 6) is 0.560. The molecule has 4 heterocycles. The lowest BCUT2D eigenvalue weighted by Crippen LogP contribution is -2.34. The molecule has 0 aromatic carbocycles. The van der Waals surface area contributed by atoms with E-state index in [1.807, 2.05) is 0 Å². The number of hydrogen-bond donors (Lipinski definition) is 1. The molecular weight excluding hydrogens is 298 g/mol. The van der Waals surface area contributed by atoms with Crippen molar-refractivity contribution in [2.45, 2.75) is 25.5 Å². The van der Waals surface area contributed by atoms with Gasteiger partial charge in [0.25, 0.3) is 5.56 Å². The van der Waals surface area contributed by atoms with Crippen molar-refractivity contribution in [1.82, 2.24) is 14.5 Å². The van der Waals surface area contributed by atoms with Gasteiger partial charge in [0.1, 0.15) is 11.4 Å². The Labute approximate surface area is 130 Å². The third-order valence-electron chi connectivity index (χ3n) is 4.08. The molecule has 1 N–H and O–H groups in total. The first-order chi connectivity index (χ1) is 11.2. The first-order valence-electron chi connectivity index (χ1n) is 7.51. The van der Waals surface area contributed by atoms with Crippen LogP contribution in [0.2, 0.25) is 0 Å². The number of pyridine rings is 1. The molecule has 118 valence electrons. The van der Waals surface area contributed by atoms with E-state index in [2.05, 4.69) is 9.97 Å². The molecular formula is C16H15N3O4. The van der Waals surface area contributed by atoms with Crippen molar-refractivity contribution in [2.75, 3.05) is 6.61 Å². The highest BCUT2D eigenvalue weighted by Crippen LogP contribution is 2.25. The van der Waals surface area contributed by atoms with Gasteiger partial charge in [-0.05, 0) is 31.0 Å². The Bertz CT molecular complexity index is 950. The number of aromatic amines is 1. The van der Waals surface area contributed by atoms with Crippen LogP contribution in [0.1, 0.15) is 12.8 Å². The second kappa shape index (κ2) is 5.51. The van der Waals surface area contributed by atoms with Crippen molar-refractivity contribution in [2.24, 2.45) is 0 Å². The zero-order valence-corrected chi connectivity index (χ0v) is 12.3. The Morgan fingerprint density at radius 1 is 1.35 bits per heavy atom. The smallest absolute Gasteiger partial charge is 0.330 e. The average molecular weight is 313 g/mol. The molecule has 0 radical (unpaired) electrons. The van der Waals surface area contributed by atoms with Gasteiger partial charge in [-0.15, -0.1) is 0 Å². The molecule has 1 saturated heterocycles. The van der Waals surface area contributed by atoms with Crippen LogP contribution < -0.4 is 11.2 Å². The average Bonchev–Trinajstić information content (AvgIpc) is 3.24. The van der Waals surface area contributed by atoms with E-state index in [1.165, 1.54) is 10.8 Å². The normalized spacial score (nSPS) is 17.8. The highest BCUT2D eigenvalue weighted by atomic mass is 16.5. The molecule has 7 heteroatoms. The van der Waals surface area contributed by atoms with E-state index in [1.54, 1.807) is 24.4 Å². The van der Waals surface area contributed by atoms with E-state index in [9.17, 15) is 9.59 Å². The maximum atomic E-state index is 12.3. The van der Waals surface area contributed by atoms with Crippen molar-refractivity contribution in [1.29, 1.82) is 0 Å². The van der Waals surface area contributed by atoms with E-state index >= 15 is 0 Å². The molecule has 0 amide bonds. The molecule has 0 unspecified atom stereocenters. The van der Waals surface area contributed by atoms with Crippen molar-refractivity contribution in [3.63, 3.8) is 0 Å². The molecule has 1 aliphatic heterocycles. The Balaban J connectivity index is 1.95. The summed E-state index contributed by atoms with van der Waals surface area (Å²) in [5, 5.41) is 0.347. The molecule has 0 aliphatic carbocycles. The van der Waals surface area contributed by atoms with Gasteiger partial charge in [0, 0.05) is 18.4 Å². The van der Waals surface area contributed by atoms with Crippen LogP contribution in [0.5, 0.6) is 0 Å². The minimum Gasteiger partial charge on any atom is -0.464 e. The van der Waals surface area contributed by atoms with Gasteiger partial charge in [-0.2, -0.15) is 0 Å². The Morgan fingerprint density at radius 3 is 3.00 bits per heavy atom. The van der Waals surface area contributed by atoms with Gasteiger partial charge < -0.3 is 9.15 Å². The number of rotatable bonds is 3. The Morgan fingerprint density at radius 2 is 2.26 bits per heavy atom. The fourth-order valence-electron chi connectivity index (χ4n) is 3.00. The summed E-state index contributed by atoms with van der Waals surface area (Å²) in [7, 11) is 0. The predicted molar refractivity (Wildman–Crippen MR) is 83.3 cm³/mol. The van der Waals surface area contributed by atoms with E-state index < -0.39 is 11.2 Å². The van der Waals surface area contributed by atoms with Crippen LogP contribution >= 0.6 is 0 Å². The zero-order valence-electron chi connectivity index (χ0n) is 12.3. The molecule has 3 aromatic rings. The first-order valence-corrected chi connectivity index (χ1v) is 7.51. The Hall–Kier alpha value is -2.67. The fraction of sp³-hybridized carbons (Fsp3) is 0.312. The van der Waals surface area contributed by atoms with Gasteiger partial charge in [0.05, 0.1) is 24.3 Å². The standard InChI is InChI=1S/C16H15N3O4/c20-15-13-11(12-4-2-8-23-12)5-6-17-14(13)19(16(21)18-15)9-10-3-1-7-22-10/h2,4-6,8,10H,1,3,7,9H2,(H,18,20,21)/t10-/m1/s1. The van der Waals surface area contributed by atoms with Gasteiger partial charge in [0.15, 0.2) is 0 Å². The molecule has 1 fully saturated rings. The van der Waals surface area contributed by atoms with Gasteiger partial charge in [-0.25, -0.2) is 9.78 Å². The minimum atomic E-state index is -0.470. The molecule has 0 saturated carbocycles. The van der Waals surface area contributed by atoms with E-state index in [0.717, 1.165) is 12.8 Å². The van der Waals surface area contributed by atoms with Gasteiger partial charge in [-0.3, -0.25) is 14.3 Å². The quantitative estimate of drug-likeness (QED) is 0.792. The van der Waals surface area contributed by atoms with Gasteiger partial charge in [0.2, 0.25) is 0 Å². The number of aromatic nitrogens is 3. The van der Waals surface area contributed by atoms with Crippen molar-refractivity contribution < 1.29 is 9.15 Å². The van der Waals surface area contributed by atoms with Crippen molar-refractivity contribution in [3.05, 3.63) is 51.5 Å². The number of H-pyrrole nitrogens is 1. The zero-order chi connectivity index (χ0) is 15.8. The minimum absolute atomic E-state index is 0.0316. The molecule has 4 rings (SSSR count). The Kier molecular flexibility index (Phi) is 3.34. The maximum Gasteiger partial charge on any atom is 0.330 e. The molecule has 7 nitrogen and oxygen atoms in total. The third kappa shape index (κ3) is 2.39. The number of ether oxygens (including phenoxy) is 1.